The van der Waals surface area contributed by atoms with Crippen molar-refractivity contribution in [1.29, 1.82) is 0 Å². The molecule has 23 heavy (non-hydrogen) atoms. The number of carbonyl (C=O) groups is 1. The smallest absolute Gasteiger partial charge is 0.320 e. The monoisotopic (exact) mass is 313 g/mol. The van der Waals surface area contributed by atoms with Crippen LogP contribution < -0.4 is 0 Å². The van der Waals surface area contributed by atoms with Gasteiger partial charge in [0.1, 0.15) is 6.04 Å². The molecular formula is C19H23NO3. The maximum absolute atomic E-state index is 11.7. The van der Waals surface area contributed by atoms with Gasteiger partial charge in [0, 0.05) is 19.7 Å². The maximum atomic E-state index is 11.7. The zero-order valence-corrected chi connectivity index (χ0v) is 13.1. The van der Waals surface area contributed by atoms with E-state index in [4.69, 9.17) is 5.11 Å². The minimum Gasteiger partial charge on any atom is -0.480 e. The van der Waals surface area contributed by atoms with E-state index in [0.717, 1.165) is 11.1 Å². The fraction of sp³-hybridized carbons (Fsp3) is 0.316. The van der Waals surface area contributed by atoms with Crippen LogP contribution in [0.15, 0.2) is 60.7 Å². The Bertz CT molecular complexity index is 545. The number of carboxylic acids is 1. The lowest BCUT2D eigenvalue weighted by atomic mass is 10.1. The van der Waals surface area contributed by atoms with Crippen molar-refractivity contribution in [2.45, 2.75) is 32.0 Å². The number of hydrogen-bond acceptors (Lipinski definition) is 3. The molecule has 0 fully saturated rings. The van der Waals surface area contributed by atoms with Crippen LogP contribution >= 0.6 is 0 Å². The van der Waals surface area contributed by atoms with Gasteiger partial charge in [-0.1, -0.05) is 60.7 Å². The second-order valence-corrected chi connectivity index (χ2v) is 5.60. The molecular weight excluding hydrogens is 290 g/mol. The van der Waals surface area contributed by atoms with Crippen molar-refractivity contribution in [2.75, 3.05) is 6.61 Å². The van der Waals surface area contributed by atoms with E-state index in [1.807, 2.05) is 65.6 Å². The lowest BCUT2D eigenvalue weighted by Gasteiger charge is -2.29. The Morgan fingerprint density at radius 1 is 0.913 bits per heavy atom. The van der Waals surface area contributed by atoms with Crippen LogP contribution in [0.3, 0.4) is 0 Å². The third kappa shape index (κ3) is 5.51. The molecule has 2 aromatic rings. The highest BCUT2D eigenvalue weighted by Gasteiger charge is 2.25. The van der Waals surface area contributed by atoms with Gasteiger partial charge >= 0.3 is 5.97 Å². The van der Waals surface area contributed by atoms with Crippen molar-refractivity contribution in [3.8, 4) is 0 Å². The van der Waals surface area contributed by atoms with Crippen molar-refractivity contribution in [1.82, 2.24) is 4.90 Å². The maximum Gasteiger partial charge on any atom is 0.320 e. The average Bonchev–Trinajstić information content (AvgIpc) is 2.56. The Morgan fingerprint density at radius 2 is 1.39 bits per heavy atom. The summed E-state index contributed by atoms with van der Waals surface area (Å²) in [5.74, 6) is -0.842. The number of aliphatic hydroxyl groups is 1. The molecule has 0 radical (unpaired) electrons. The Labute approximate surface area is 137 Å². The number of hydrogen-bond donors (Lipinski definition) is 2. The third-order valence-corrected chi connectivity index (χ3v) is 3.82. The molecule has 0 aromatic heterocycles. The first kappa shape index (κ1) is 17.2. The van der Waals surface area contributed by atoms with Crippen molar-refractivity contribution in [2.24, 2.45) is 0 Å². The molecule has 0 saturated heterocycles. The number of nitrogens with zero attached hydrogens (tertiary/aromatic N) is 1. The number of rotatable bonds is 9. The first-order valence-corrected chi connectivity index (χ1v) is 7.86. The zero-order valence-electron chi connectivity index (χ0n) is 13.1. The first-order valence-electron chi connectivity index (χ1n) is 7.86. The molecule has 0 aliphatic rings. The molecule has 0 bridgehead atoms. The Kier molecular flexibility index (Phi) is 6.78. The molecule has 1 atom stereocenters. The van der Waals surface area contributed by atoms with E-state index in [9.17, 15) is 9.90 Å². The second kappa shape index (κ2) is 9.08. The van der Waals surface area contributed by atoms with Crippen LogP contribution in [-0.4, -0.2) is 33.7 Å². The average molecular weight is 313 g/mol. The van der Waals surface area contributed by atoms with E-state index in [2.05, 4.69) is 0 Å². The van der Waals surface area contributed by atoms with Gasteiger partial charge in [-0.25, -0.2) is 0 Å². The highest BCUT2D eigenvalue weighted by molar-refractivity contribution is 5.73. The molecule has 1 unspecified atom stereocenters. The molecule has 0 spiro atoms. The number of aliphatic hydroxyl groups excluding tert-OH is 1. The van der Waals surface area contributed by atoms with Crippen LogP contribution in [0.2, 0.25) is 0 Å². The molecule has 0 heterocycles. The summed E-state index contributed by atoms with van der Waals surface area (Å²) in [5.41, 5.74) is 2.16. The summed E-state index contributed by atoms with van der Waals surface area (Å²) >= 11 is 0. The Morgan fingerprint density at radius 3 is 1.78 bits per heavy atom. The molecule has 0 amide bonds. The lowest BCUT2D eigenvalue weighted by molar-refractivity contribution is -0.144. The summed E-state index contributed by atoms with van der Waals surface area (Å²) in [6.07, 6.45) is 0.919. The second-order valence-electron chi connectivity index (χ2n) is 5.60. The fourth-order valence-electron chi connectivity index (χ4n) is 2.66. The Balaban J connectivity index is 2.19. The summed E-state index contributed by atoms with van der Waals surface area (Å²) in [5, 5.41) is 18.6. The van der Waals surface area contributed by atoms with Gasteiger partial charge in [-0.2, -0.15) is 0 Å². The summed E-state index contributed by atoms with van der Waals surface area (Å²) < 4.78 is 0. The van der Waals surface area contributed by atoms with Crippen LogP contribution in [0, 0.1) is 0 Å². The highest BCUT2D eigenvalue weighted by Crippen LogP contribution is 2.17. The van der Waals surface area contributed by atoms with Crippen LogP contribution in [0.4, 0.5) is 0 Å². The van der Waals surface area contributed by atoms with E-state index < -0.39 is 12.0 Å². The molecule has 2 aromatic carbocycles. The topological polar surface area (TPSA) is 60.8 Å². The minimum absolute atomic E-state index is 0.00823. The molecule has 4 heteroatoms. The normalized spacial score (nSPS) is 12.3. The van der Waals surface area contributed by atoms with E-state index in [0.29, 0.717) is 25.9 Å². The summed E-state index contributed by atoms with van der Waals surface area (Å²) in [4.78, 5) is 13.7. The summed E-state index contributed by atoms with van der Waals surface area (Å²) in [6, 6.07) is 19.1. The van der Waals surface area contributed by atoms with Crippen molar-refractivity contribution >= 4 is 5.97 Å². The molecule has 4 nitrogen and oxygen atoms in total. The zero-order chi connectivity index (χ0) is 16.5. The van der Waals surface area contributed by atoms with Crippen molar-refractivity contribution < 1.29 is 15.0 Å². The molecule has 0 saturated carbocycles. The van der Waals surface area contributed by atoms with Crippen LogP contribution in [-0.2, 0) is 17.9 Å². The Hall–Kier alpha value is -2.17. The van der Waals surface area contributed by atoms with Crippen LogP contribution in [0.1, 0.15) is 24.0 Å². The predicted octanol–water partition coefficient (Wildman–Crippen LogP) is 2.91. The number of aliphatic carboxylic acids is 1. The number of carboxylic acid groups (broad SMARTS) is 1. The minimum atomic E-state index is -0.842. The fourth-order valence-corrected chi connectivity index (χ4v) is 2.66. The van der Waals surface area contributed by atoms with Gasteiger partial charge < -0.3 is 10.2 Å². The predicted molar refractivity (Wildman–Crippen MR) is 89.9 cm³/mol. The largest absolute Gasteiger partial charge is 0.480 e. The summed E-state index contributed by atoms with van der Waals surface area (Å²) in [6.45, 7) is 1.14. The molecule has 0 aliphatic carbocycles. The molecule has 122 valence electrons. The summed E-state index contributed by atoms with van der Waals surface area (Å²) in [7, 11) is 0. The SMILES string of the molecule is O=C(O)C(CCCO)N(Cc1ccccc1)Cc1ccccc1. The van der Waals surface area contributed by atoms with Gasteiger partial charge in [-0.05, 0) is 24.0 Å². The van der Waals surface area contributed by atoms with E-state index in [1.165, 1.54) is 0 Å². The van der Waals surface area contributed by atoms with E-state index in [-0.39, 0.29) is 6.61 Å². The lowest BCUT2D eigenvalue weighted by Crippen LogP contribution is -2.40. The van der Waals surface area contributed by atoms with Gasteiger partial charge in [-0.3, -0.25) is 9.69 Å². The molecule has 2 N–H and O–H groups in total. The quantitative estimate of drug-likeness (QED) is 0.747. The van der Waals surface area contributed by atoms with Crippen molar-refractivity contribution in [3.63, 3.8) is 0 Å². The van der Waals surface area contributed by atoms with Gasteiger partial charge in [0.2, 0.25) is 0 Å². The van der Waals surface area contributed by atoms with Crippen LogP contribution in [0.5, 0.6) is 0 Å². The molecule has 2 rings (SSSR count). The first-order chi connectivity index (χ1) is 11.2. The van der Waals surface area contributed by atoms with E-state index in [1.54, 1.807) is 0 Å². The van der Waals surface area contributed by atoms with Gasteiger partial charge in [0.05, 0.1) is 0 Å². The molecule has 0 aliphatic heterocycles. The van der Waals surface area contributed by atoms with Gasteiger partial charge in [-0.15, -0.1) is 0 Å². The van der Waals surface area contributed by atoms with E-state index >= 15 is 0 Å². The van der Waals surface area contributed by atoms with Gasteiger partial charge in [0.15, 0.2) is 0 Å². The standard InChI is InChI=1S/C19H23NO3/c21-13-7-12-18(19(22)23)20(14-16-8-3-1-4-9-16)15-17-10-5-2-6-11-17/h1-6,8-11,18,21H,7,12-15H2,(H,22,23). The van der Waals surface area contributed by atoms with Crippen molar-refractivity contribution in [3.05, 3.63) is 71.8 Å². The van der Waals surface area contributed by atoms with Gasteiger partial charge in [0.25, 0.3) is 0 Å². The highest BCUT2D eigenvalue weighted by atomic mass is 16.4. The third-order valence-electron chi connectivity index (χ3n) is 3.82. The van der Waals surface area contributed by atoms with Crippen LogP contribution in [0.25, 0.3) is 0 Å². The number of benzene rings is 2.